The molecule has 1 N–H and O–H groups in total. The Morgan fingerprint density at radius 1 is 1.10 bits per heavy atom. The summed E-state index contributed by atoms with van der Waals surface area (Å²) < 4.78 is 1.02. The summed E-state index contributed by atoms with van der Waals surface area (Å²) in [5, 5.41) is 25.2. The molecule has 10 heteroatoms. The molecule has 0 aliphatic carbocycles. The molecule has 10 nitrogen and oxygen atoms in total. The highest BCUT2D eigenvalue weighted by Crippen LogP contribution is 2.32. The first-order chi connectivity index (χ1) is 13.9. The van der Waals surface area contributed by atoms with Gasteiger partial charge in [-0.3, -0.25) is 35.1 Å². The molecule has 0 fully saturated rings. The monoisotopic (exact) mass is 391 g/mol. The molecule has 144 valence electrons. The van der Waals surface area contributed by atoms with Crippen molar-refractivity contribution in [2.75, 3.05) is 0 Å². The van der Waals surface area contributed by atoms with Gasteiger partial charge in [-0.2, -0.15) is 0 Å². The van der Waals surface area contributed by atoms with Crippen LogP contribution in [0.4, 0.5) is 17.1 Å². The predicted octanol–water partition coefficient (Wildman–Crippen LogP) is 3.55. The van der Waals surface area contributed by atoms with E-state index in [4.69, 9.17) is 0 Å². The zero-order valence-electron chi connectivity index (χ0n) is 15.0. The number of nitro groups is 2. The summed E-state index contributed by atoms with van der Waals surface area (Å²) in [7, 11) is 0. The molecule has 0 bridgehead atoms. The van der Waals surface area contributed by atoms with Crippen LogP contribution in [0.3, 0.4) is 0 Å². The van der Waals surface area contributed by atoms with Crippen LogP contribution in [-0.4, -0.2) is 25.8 Å². The number of rotatable bonds is 4. The molecule has 0 spiro atoms. The Balaban J connectivity index is 1.85. The molecular formula is C19H13N5O5. The average Bonchev–Trinajstić information content (AvgIpc) is 3.23. The Morgan fingerprint density at radius 2 is 1.86 bits per heavy atom. The van der Waals surface area contributed by atoms with Gasteiger partial charge in [-0.05, 0) is 25.1 Å². The number of para-hydroxylation sites is 1. The van der Waals surface area contributed by atoms with E-state index in [0.717, 1.165) is 33.6 Å². The molecule has 3 aromatic rings. The van der Waals surface area contributed by atoms with Crippen LogP contribution in [0.1, 0.15) is 16.8 Å². The minimum Gasteiger partial charge on any atom is -0.294 e. The number of nitrogens with one attached hydrogen (secondary N) is 1. The number of fused-ring (bicyclic) bond motifs is 1. The number of benzene rings is 2. The van der Waals surface area contributed by atoms with Gasteiger partial charge in [-0.15, -0.1) is 0 Å². The van der Waals surface area contributed by atoms with Gasteiger partial charge in [0, 0.05) is 29.1 Å². The number of hydrogen-bond acceptors (Lipinski definition) is 6. The van der Waals surface area contributed by atoms with Crippen molar-refractivity contribution in [2.24, 2.45) is 4.99 Å². The highest BCUT2D eigenvalue weighted by atomic mass is 16.6. The highest BCUT2D eigenvalue weighted by molar-refractivity contribution is 6.21. The topological polar surface area (TPSA) is 136 Å². The van der Waals surface area contributed by atoms with Crippen LogP contribution < -0.4 is 5.56 Å². The number of non-ortho nitro benzene ring substituents is 1. The number of allylic oxidation sites excluding steroid dienone is 1. The van der Waals surface area contributed by atoms with Gasteiger partial charge in [0.2, 0.25) is 0 Å². The van der Waals surface area contributed by atoms with E-state index in [9.17, 15) is 25.0 Å². The number of aromatic nitrogens is 2. The molecule has 1 aromatic heterocycles. The second kappa shape index (κ2) is 6.68. The van der Waals surface area contributed by atoms with E-state index in [1.165, 1.54) is 6.07 Å². The van der Waals surface area contributed by atoms with Gasteiger partial charge in [0.15, 0.2) is 0 Å². The molecule has 0 unspecified atom stereocenters. The lowest BCUT2D eigenvalue weighted by Gasteiger charge is -2.03. The van der Waals surface area contributed by atoms with Gasteiger partial charge in [0.25, 0.3) is 11.2 Å². The summed E-state index contributed by atoms with van der Waals surface area (Å²) >= 11 is 0. The van der Waals surface area contributed by atoms with Crippen molar-refractivity contribution in [1.29, 1.82) is 0 Å². The van der Waals surface area contributed by atoms with Gasteiger partial charge >= 0.3 is 5.69 Å². The number of hydrogen-bond donors (Lipinski definition) is 1. The summed E-state index contributed by atoms with van der Waals surface area (Å²) in [5.41, 5.74) is 1.64. The first-order valence-electron chi connectivity index (χ1n) is 8.47. The van der Waals surface area contributed by atoms with Crippen LogP contribution in [0.15, 0.2) is 52.3 Å². The van der Waals surface area contributed by atoms with E-state index in [2.05, 4.69) is 10.1 Å². The van der Waals surface area contributed by atoms with Crippen molar-refractivity contribution in [3.63, 3.8) is 0 Å². The summed E-state index contributed by atoms with van der Waals surface area (Å²) in [4.78, 5) is 38.1. The minimum atomic E-state index is -0.761. The number of aromatic amines is 1. The molecule has 0 saturated heterocycles. The summed E-state index contributed by atoms with van der Waals surface area (Å²) in [5.74, 6) is 0. The van der Waals surface area contributed by atoms with Gasteiger partial charge in [0.05, 0.1) is 27.2 Å². The van der Waals surface area contributed by atoms with Gasteiger partial charge in [0.1, 0.15) is 5.69 Å². The molecule has 1 aliphatic rings. The van der Waals surface area contributed by atoms with Crippen LogP contribution in [0, 0.1) is 27.2 Å². The molecule has 1 aliphatic heterocycles. The Bertz CT molecular complexity index is 1300. The van der Waals surface area contributed by atoms with Crippen molar-refractivity contribution in [3.8, 4) is 5.69 Å². The summed E-state index contributed by atoms with van der Waals surface area (Å²) in [6, 6.07) is 10.6. The number of nitrogens with zero attached hydrogens (tertiary/aromatic N) is 4. The van der Waals surface area contributed by atoms with Crippen LogP contribution in [-0.2, 0) is 0 Å². The smallest absolute Gasteiger partial charge is 0.294 e. The van der Waals surface area contributed by atoms with Crippen molar-refractivity contribution >= 4 is 34.9 Å². The second-order valence-corrected chi connectivity index (χ2v) is 6.35. The molecule has 0 saturated carbocycles. The molecule has 2 aromatic carbocycles. The second-order valence-electron chi connectivity index (χ2n) is 6.35. The normalized spacial score (nSPS) is 13.6. The zero-order chi connectivity index (χ0) is 20.7. The third kappa shape index (κ3) is 3.02. The number of nitro benzene ring substituents is 2. The SMILES string of the molecule is Cc1[nH]n(-c2ccc([N+](=O)[O-])cc2[N+](=O)[O-])c(=O)c1/C=C1\C=Nc2ccccc21. The zero-order valence-corrected chi connectivity index (χ0v) is 15.0. The van der Waals surface area contributed by atoms with E-state index in [-0.39, 0.29) is 5.69 Å². The molecular weight excluding hydrogens is 378 g/mol. The van der Waals surface area contributed by atoms with E-state index in [1.807, 2.05) is 24.3 Å². The number of H-pyrrole nitrogens is 1. The highest BCUT2D eigenvalue weighted by Gasteiger charge is 2.24. The van der Waals surface area contributed by atoms with E-state index >= 15 is 0 Å². The largest absolute Gasteiger partial charge is 0.301 e. The summed E-state index contributed by atoms with van der Waals surface area (Å²) in [6.07, 6.45) is 3.31. The predicted molar refractivity (Wildman–Crippen MR) is 107 cm³/mol. The fourth-order valence-electron chi connectivity index (χ4n) is 3.17. The molecule has 0 amide bonds. The van der Waals surface area contributed by atoms with Crippen LogP contribution >= 0.6 is 0 Å². The maximum absolute atomic E-state index is 13.0. The van der Waals surface area contributed by atoms with Crippen molar-refractivity contribution in [1.82, 2.24) is 9.78 Å². The van der Waals surface area contributed by atoms with Crippen LogP contribution in [0.25, 0.3) is 17.3 Å². The lowest BCUT2D eigenvalue weighted by molar-refractivity contribution is -0.394. The minimum absolute atomic E-state index is 0.0844. The van der Waals surface area contributed by atoms with Crippen molar-refractivity contribution in [2.45, 2.75) is 6.92 Å². The number of aliphatic imine (C=N–C) groups is 1. The summed E-state index contributed by atoms with van der Waals surface area (Å²) in [6.45, 7) is 1.67. The number of aryl methyl sites for hydroxylation is 1. The van der Waals surface area contributed by atoms with E-state index in [0.29, 0.717) is 11.3 Å². The average molecular weight is 391 g/mol. The standard InChI is InChI=1S/C19H13N5O5/c1-11-15(8-12-10-20-16-5-3-2-4-14(12)16)19(25)22(21-11)17-7-6-13(23(26)27)9-18(17)24(28)29/h2-10,21H,1H3/b12-8+. The van der Waals surface area contributed by atoms with E-state index < -0.39 is 26.8 Å². The third-order valence-corrected chi connectivity index (χ3v) is 4.58. The Morgan fingerprint density at radius 3 is 2.59 bits per heavy atom. The van der Waals surface area contributed by atoms with E-state index in [1.54, 1.807) is 19.2 Å². The molecule has 29 heavy (non-hydrogen) atoms. The maximum atomic E-state index is 13.0. The van der Waals surface area contributed by atoms with Crippen molar-refractivity contribution in [3.05, 3.63) is 89.9 Å². The lowest BCUT2D eigenvalue weighted by Crippen LogP contribution is -2.17. The Hall–Kier alpha value is -4.34. The van der Waals surface area contributed by atoms with Crippen LogP contribution in [0.2, 0.25) is 0 Å². The fourth-order valence-corrected chi connectivity index (χ4v) is 3.17. The first kappa shape index (κ1) is 18.0. The molecule has 0 atom stereocenters. The molecule has 4 rings (SSSR count). The van der Waals surface area contributed by atoms with Crippen LogP contribution in [0.5, 0.6) is 0 Å². The van der Waals surface area contributed by atoms with Gasteiger partial charge in [-0.25, -0.2) is 4.68 Å². The van der Waals surface area contributed by atoms with Gasteiger partial charge < -0.3 is 0 Å². The Labute approximate surface area is 162 Å². The lowest BCUT2D eigenvalue weighted by atomic mass is 10.0. The van der Waals surface area contributed by atoms with Gasteiger partial charge in [-0.1, -0.05) is 18.2 Å². The molecule has 0 radical (unpaired) electrons. The maximum Gasteiger partial charge on any atom is 0.301 e. The first-order valence-corrected chi connectivity index (χ1v) is 8.47. The quantitative estimate of drug-likeness (QED) is 0.536. The fraction of sp³-hybridized carbons (Fsp3) is 0.0526. The Kier molecular flexibility index (Phi) is 4.15. The van der Waals surface area contributed by atoms with Crippen molar-refractivity contribution < 1.29 is 9.85 Å². The molecule has 2 heterocycles. The third-order valence-electron chi connectivity index (χ3n) is 4.58.